The molecule has 0 atom stereocenters. The predicted molar refractivity (Wildman–Crippen MR) is 115 cm³/mol. The molecule has 1 aromatic carbocycles. The number of rotatable bonds is 8. The number of nitrogens with zero attached hydrogens (tertiary/aromatic N) is 6. The number of H-pyrrole nitrogens is 1. The molecular formula is C21H25N7O2. The first kappa shape index (κ1) is 19.8. The van der Waals surface area contributed by atoms with Gasteiger partial charge in [-0.25, -0.2) is 19.4 Å². The van der Waals surface area contributed by atoms with Crippen LogP contribution in [0.15, 0.2) is 46.5 Å². The van der Waals surface area contributed by atoms with E-state index in [4.69, 9.17) is 4.98 Å². The van der Waals surface area contributed by atoms with Crippen molar-refractivity contribution in [1.29, 1.82) is 0 Å². The van der Waals surface area contributed by atoms with E-state index in [9.17, 15) is 9.59 Å². The van der Waals surface area contributed by atoms with Crippen LogP contribution < -0.4 is 11.2 Å². The predicted octanol–water partition coefficient (Wildman–Crippen LogP) is 2.73. The molecule has 0 fully saturated rings. The van der Waals surface area contributed by atoms with Gasteiger partial charge < -0.3 is 4.57 Å². The molecule has 0 saturated heterocycles. The van der Waals surface area contributed by atoms with E-state index in [-0.39, 0.29) is 0 Å². The van der Waals surface area contributed by atoms with E-state index in [0.29, 0.717) is 30.1 Å². The fraction of sp³-hybridized carbons (Fsp3) is 0.381. The van der Waals surface area contributed by atoms with Crippen LogP contribution in [0, 0.1) is 0 Å². The molecule has 0 aliphatic heterocycles. The van der Waals surface area contributed by atoms with Gasteiger partial charge in [-0.15, -0.1) is 0 Å². The number of imidazole rings is 1. The molecule has 0 aliphatic carbocycles. The van der Waals surface area contributed by atoms with Gasteiger partial charge in [-0.2, -0.15) is 5.10 Å². The SMILES string of the molecule is CCCCn1c(-c2ccc(-n3cncn3)cc2)nc2c1c(=O)[nH]c(=O)n2CCCC. The number of fused-ring (bicyclic) bond motifs is 1. The lowest BCUT2D eigenvalue weighted by Gasteiger charge is -2.09. The molecule has 9 nitrogen and oxygen atoms in total. The summed E-state index contributed by atoms with van der Waals surface area (Å²) in [7, 11) is 0. The summed E-state index contributed by atoms with van der Waals surface area (Å²) in [6, 6.07) is 7.76. The molecule has 0 bridgehead atoms. The monoisotopic (exact) mass is 407 g/mol. The molecule has 0 amide bonds. The van der Waals surface area contributed by atoms with Crippen molar-refractivity contribution in [3.05, 3.63) is 57.8 Å². The number of aromatic nitrogens is 7. The summed E-state index contributed by atoms with van der Waals surface area (Å²) >= 11 is 0. The van der Waals surface area contributed by atoms with Crippen LogP contribution in [-0.2, 0) is 13.1 Å². The van der Waals surface area contributed by atoms with Crippen molar-refractivity contribution in [2.45, 2.75) is 52.6 Å². The number of aromatic amines is 1. The molecule has 0 aliphatic rings. The summed E-state index contributed by atoms with van der Waals surface area (Å²) in [4.78, 5) is 36.4. The zero-order valence-electron chi connectivity index (χ0n) is 17.2. The van der Waals surface area contributed by atoms with Crippen LogP contribution >= 0.6 is 0 Å². The highest BCUT2D eigenvalue weighted by Gasteiger charge is 2.19. The first-order chi connectivity index (χ1) is 14.6. The summed E-state index contributed by atoms with van der Waals surface area (Å²) in [5.41, 5.74) is 1.86. The van der Waals surface area contributed by atoms with E-state index < -0.39 is 11.2 Å². The minimum absolute atomic E-state index is 0.392. The summed E-state index contributed by atoms with van der Waals surface area (Å²) < 4.78 is 5.19. The first-order valence-corrected chi connectivity index (χ1v) is 10.3. The largest absolute Gasteiger partial charge is 0.330 e. The standard InChI is InChI=1S/C21H25N7O2/c1-3-5-11-26-17-19(27(12-6-4-2)21(30)25-20(17)29)24-18(26)15-7-9-16(10-8-15)28-14-22-13-23-28/h7-10,13-14H,3-6,11-12H2,1-2H3,(H,25,29,30). The Morgan fingerprint density at radius 3 is 2.30 bits per heavy atom. The maximum absolute atomic E-state index is 12.7. The topological polar surface area (TPSA) is 103 Å². The maximum Gasteiger partial charge on any atom is 0.330 e. The molecule has 9 heteroatoms. The fourth-order valence-electron chi connectivity index (χ4n) is 3.56. The van der Waals surface area contributed by atoms with Gasteiger partial charge in [0.2, 0.25) is 0 Å². The Morgan fingerprint density at radius 1 is 0.967 bits per heavy atom. The second kappa shape index (κ2) is 8.48. The first-order valence-electron chi connectivity index (χ1n) is 10.3. The quantitative estimate of drug-likeness (QED) is 0.484. The number of nitrogens with one attached hydrogen (secondary N) is 1. The van der Waals surface area contributed by atoms with Gasteiger partial charge in [-0.05, 0) is 37.1 Å². The van der Waals surface area contributed by atoms with Crippen LogP contribution in [0.3, 0.4) is 0 Å². The van der Waals surface area contributed by atoms with Crippen molar-refractivity contribution < 1.29 is 0 Å². The van der Waals surface area contributed by atoms with E-state index in [1.165, 1.54) is 6.33 Å². The third-order valence-corrected chi connectivity index (χ3v) is 5.16. The van der Waals surface area contributed by atoms with Gasteiger partial charge in [-0.1, -0.05) is 26.7 Å². The second-order valence-electron chi connectivity index (χ2n) is 7.26. The fourth-order valence-corrected chi connectivity index (χ4v) is 3.56. The van der Waals surface area contributed by atoms with Gasteiger partial charge in [0, 0.05) is 18.7 Å². The van der Waals surface area contributed by atoms with Crippen molar-refractivity contribution in [1.82, 2.24) is 33.9 Å². The molecule has 4 rings (SSSR count). The lowest BCUT2D eigenvalue weighted by atomic mass is 10.2. The van der Waals surface area contributed by atoms with Crippen LogP contribution in [0.25, 0.3) is 28.2 Å². The molecule has 3 aromatic heterocycles. The molecule has 0 saturated carbocycles. The number of unbranched alkanes of at least 4 members (excludes halogenated alkanes) is 2. The molecule has 0 radical (unpaired) electrons. The minimum Gasteiger partial charge on any atom is -0.318 e. The zero-order valence-corrected chi connectivity index (χ0v) is 17.2. The van der Waals surface area contributed by atoms with Crippen molar-refractivity contribution in [3.63, 3.8) is 0 Å². The molecular weight excluding hydrogens is 382 g/mol. The van der Waals surface area contributed by atoms with E-state index in [1.54, 1.807) is 15.6 Å². The zero-order chi connectivity index (χ0) is 21.1. The van der Waals surface area contributed by atoms with Crippen LogP contribution in [0.2, 0.25) is 0 Å². The number of benzene rings is 1. The van der Waals surface area contributed by atoms with Gasteiger partial charge in [-0.3, -0.25) is 14.3 Å². The van der Waals surface area contributed by atoms with E-state index in [1.807, 2.05) is 28.8 Å². The minimum atomic E-state index is -0.408. The molecule has 4 aromatic rings. The number of hydrogen-bond acceptors (Lipinski definition) is 5. The van der Waals surface area contributed by atoms with E-state index in [0.717, 1.165) is 36.9 Å². The van der Waals surface area contributed by atoms with Crippen LogP contribution in [0.5, 0.6) is 0 Å². The second-order valence-corrected chi connectivity index (χ2v) is 7.26. The normalized spacial score (nSPS) is 11.4. The lowest BCUT2D eigenvalue weighted by Crippen LogP contribution is -2.31. The smallest absolute Gasteiger partial charge is 0.318 e. The maximum atomic E-state index is 12.7. The number of hydrogen-bond donors (Lipinski definition) is 1. The summed E-state index contributed by atoms with van der Waals surface area (Å²) in [5.74, 6) is 0.685. The van der Waals surface area contributed by atoms with Crippen LogP contribution in [-0.4, -0.2) is 33.9 Å². The van der Waals surface area contributed by atoms with Crippen LogP contribution in [0.1, 0.15) is 39.5 Å². The highest BCUT2D eigenvalue weighted by Crippen LogP contribution is 2.24. The Hall–Kier alpha value is -3.49. The molecule has 30 heavy (non-hydrogen) atoms. The third kappa shape index (κ3) is 3.58. The summed E-state index contributed by atoms with van der Waals surface area (Å²) in [6.45, 7) is 5.35. The van der Waals surface area contributed by atoms with Crippen molar-refractivity contribution in [2.75, 3.05) is 0 Å². The van der Waals surface area contributed by atoms with Crippen molar-refractivity contribution in [3.8, 4) is 17.1 Å². The Balaban J connectivity index is 1.89. The van der Waals surface area contributed by atoms with Gasteiger partial charge in [0.1, 0.15) is 18.5 Å². The van der Waals surface area contributed by atoms with Gasteiger partial charge in [0.15, 0.2) is 11.2 Å². The number of aryl methyl sites for hydroxylation is 2. The Kier molecular flexibility index (Phi) is 5.60. The van der Waals surface area contributed by atoms with Crippen molar-refractivity contribution in [2.24, 2.45) is 0 Å². The van der Waals surface area contributed by atoms with Gasteiger partial charge in [0.25, 0.3) is 5.56 Å². The average molecular weight is 407 g/mol. The molecule has 1 N–H and O–H groups in total. The van der Waals surface area contributed by atoms with E-state index >= 15 is 0 Å². The molecule has 3 heterocycles. The molecule has 156 valence electrons. The van der Waals surface area contributed by atoms with Gasteiger partial charge >= 0.3 is 5.69 Å². The Bertz CT molecular complexity index is 1250. The highest BCUT2D eigenvalue weighted by molar-refractivity contribution is 5.77. The Morgan fingerprint density at radius 2 is 1.67 bits per heavy atom. The molecule has 0 unspecified atom stereocenters. The third-order valence-electron chi connectivity index (χ3n) is 5.16. The summed E-state index contributed by atoms with van der Waals surface area (Å²) in [5, 5.41) is 4.14. The Labute approximate surface area is 173 Å². The van der Waals surface area contributed by atoms with Crippen molar-refractivity contribution >= 4 is 11.2 Å². The average Bonchev–Trinajstić information content (AvgIpc) is 3.41. The lowest BCUT2D eigenvalue weighted by molar-refractivity contribution is 0.611. The van der Waals surface area contributed by atoms with Gasteiger partial charge in [0.05, 0.1) is 5.69 Å². The van der Waals surface area contributed by atoms with Crippen LogP contribution in [0.4, 0.5) is 0 Å². The highest BCUT2D eigenvalue weighted by atomic mass is 16.2. The van der Waals surface area contributed by atoms with E-state index in [2.05, 4.69) is 28.9 Å². The molecule has 0 spiro atoms. The summed E-state index contributed by atoms with van der Waals surface area (Å²) in [6.07, 6.45) is 6.79.